The molecule has 0 amide bonds. The van der Waals surface area contributed by atoms with Crippen molar-refractivity contribution in [3.63, 3.8) is 0 Å². The van der Waals surface area contributed by atoms with E-state index >= 15 is 0 Å². The Morgan fingerprint density at radius 3 is 0.903 bits per heavy atom. The van der Waals surface area contributed by atoms with Gasteiger partial charge in [0.05, 0.1) is 0 Å². The van der Waals surface area contributed by atoms with Crippen LogP contribution in [0, 0.1) is 10.8 Å². The quantitative estimate of drug-likeness (QED) is 0.126. The molecule has 0 atom stereocenters. The Kier molecular flexibility index (Phi) is 23.8. The molecule has 0 aromatic heterocycles. The number of rotatable bonds is 14. The number of thiol groups is 4. The second-order valence-corrected chi connectivity index (χ2v) is 11.3. The number of hydrogen-bond acceptors (Lipinski definition) is 12. The van der Waals surface area contributed by atoms with E-state index in [1.807, 2.05) is 0 Å². The van der Waals surface area contributed by atoms with E-state index in [0.717, 1.165) is 0 Å². The Labute approximate surface area is 216 Å². The molecule has 178 valence electrons. The van der Waals surface area contributed by atoms with Crippen LogP contribution in [0.5, 0.6) is 0 Å². The van der Waals surface area contributed by atoms with Crippen LogP contribution in [0.1, 0.15) is 38.5 Å². The molecule has 0 N–H and O–H groups in total. The molecule has 0 bridgehead atoms. The van der Waals surface area contributed by atoms with Gasteiger partial charge in [0, 0.05) is 34.7 Å². The predicted octanol–water partition coefficient (Wildman–Crippen LogP) is -2.21. The Morgan fingerprint density at radius 1 is 0.613 bits per heavy atom. The molecule has 0 heterocycles. The minimum atomic E-state index is -1.39. The Morgan fingerprint density at radius 2 is 0.806 bits per heavy atom. The van der Waals surface area contributed by atoms with Crippen molar-refractivity contribution in [2.75, 3.05) is 23.0 Å². The minimum absolute atomic E-state index is 0.146. The van der Waals surface area contributed by atoms with Gasteiger partial charge in [0.15, 0.2) is 0 Å². The van der Waals surface area contributed by atoms with Crippen LogP contribution in [-0.4, -0.2) is 68.0 Å². The third-order valence-corrected chi connectivity index (χ3v) is 5.09. The molecule has 31 heavy (non-hydrogen) atoms. The van der Waals surface area contributed by atoms with Crippen LogP contribution in [0.25, 0.3) is 0 Å². The summed E-state index contributed by atoms with van der Waals surface area (Å²) in [4.78, 5) is 47.2. The van der Waals surface area contributed by atoms with Gasteiger partial charge in [-0.1, -0.05) is 0 Å². The summed E-state index contributed by atoms with van der Waals surface area (Å²) in [6.07, 6.45) is -0.507. The van der Waals surface area contributed by atoms with Crippen LogP contribution >= 0.6 is 50.5 Å². The maximum atomic E-state index is 10.9. The first-order chi connectivity index (χ1) is 14.4. The summed E-state index contributed by atoms with van der Waals surface area (Å²) in [5.41, 5.74) is -2.77. The van der Waals surface area contributed by atoms with E-state index in [1.54, 1.807) is 0 Å². The van der Waals surface area contributed by atoms with E-state index < -0.39 is 47.5 Å². The summed E-state index contributed by atoms with van der Waals surface area (Å²) in [6.45, 7) is 0. The van der Waals surface area contributed by atoms with Crippen LogP contribution in [-0.2, 0) is 19.2 Å². The molecule has 8 nitrogen and oxygen atoms in total. The second-order valence-electron chi connectivity index (χ2n) is 6.63. The van der Waals surface area contributed by atoms with Crippen molar-refractivity contribution in [2.24, 2.45) is 10.8 Å². The van der Waals surface area contributed by atoms with Gasteiger partial charge in [-0.2, -0.15) is 50.5 Å². The maximum absolute atomic E-state index is 10.9. The van der Waals surface area contributed by atoms with Gasteiger partial charge in [0.25, 0.3) is 0 Å². The molecule has 0 aromatic carbocycles. The summed E-state index contributed by atoms with van der Waals surface area (Å²) < 4.78 is 0. The van der Waals surface area contributed by atoms with Crippen LogP contribution in [0.4, 0.5) is 0 Å². The molecule has 0 aromatic rings. The number of hydrogen-bond donors (Lipinski definition) is 4. The van der Waals surface area contributed by atoms with Crippen LogP contribution in [0.2, 0.25) is 9.88 Å². The Balaban J connectivity index is -0.000000448. The molecule has 0 aliphatic heterocycles. The third kappa shape index (κ3) is 16.4. The van der Waals surface area contributed by atoms with Gasteiger partial charge in [0.1, 0.15) is 0 Å². The zero-order chi connectivity index (χ0) is 25.1. The Bertz CT molecular complexity index is 491. The molecule has 0 fully saturated rings. The van der Waals surface area contributed by atoms with Gasteiger partial charge in [0.2, 0.25) is 0 Å². The van der Waals surface area contributed by atoms with Gasteiger partial charge < -0.3 is 39.6 Å². The molecular weight excluding hydrogens is 591 g/mol. The molecule has 0 unspecified atom stereocenters. The van der Waals surface area contributed by atoms with Crippen molar-refractivity contribution >= 4 is 95.5 Å². The molecule has 0 aliphatic carbocycles. The standard InChI is InChI=1S/2C8H14O4S2.2CH3.Sn/c2*9-6(10)5-8(1-3-13,2-4-14)7(11)12;;;/h2*13-14H,1-5H2,(H,9,10)(H,11,12);2*1H3;/q;;;;+4/p-4. The summed E-state index contributed by atoms with van der Waals surface area (Å²) in [5, 5.41) is 42.6. The molecule has 0 saturated carbocycles. The summed E-state index contributed by atoms with van der Waals surface area (Å²) in [6, 6.07) is 0. The van der Waals surface area contributed by atoms with Crippen LogP contribution < -0.4 is 20.4 Å². The van der Waals surface area contributed by atoms with Crippen molar-refractivity contribution in [3.8, 4) is 0 Å². The van der Waals surface area contributed by atoms with E-state index in [9.17, 15) is 39.6 Å². The average Bonchev–Trinajstić information content (AvgIpc) is 2.62. The average molecular weight is 621 g/mol. The second kappa shape index (κ2) is 20.7. The first-order valence-electron chi connectivity index (χ1n) is 9.23. The molecule has 13 heteroatoms. The molecule has 0 spiro atoms. The predicted molar refractivity (Wildman–Crippen MR) is 125 cm³/mol. The summed E-state index contributed by atoms with van der Waals surface area (Å²) >= 11 is 15.8. The van der Waals surface area contributed by atoms with Gasteiger partial charge in [-0.3, -0.25) is 0 Å². The number of aliphatic carboxylic acids is 4. The van der Waals surface area contributed by atoms with E-state index in [4.69, 9.17) is 0 Å². The van der Waals surface area contributed by atoms with Crippen molar-refractivity contribution in [1.29, 1.82) is 0 Å². The number of carboxylic acid groups (broad SMARTS) is 4. The van der Waals surface area contributed by atoms with Crippen molar-refractivity contribution in [2.45, 2.75) is 48.4 Å². The third-order valence-electron chi connectivity index (χ3n) is 4.19. The molecule has 6 radical (unpaired) electrons. The van der Waals surface area contributed by atoms with E-state index in [-0.39, 0.29) is 69.8 Å². The molecule has 0 rings (SSSR count). The number of carbonyl (C=O) groups is 4. The number of carboxylic acids is 4. The van der Waals surface area contributed by atoms with E-state index in [0.29, 0.717) is 0 Å². The van der Waals surface area contributed by atoms with Crippen LogP contribution in [0.3, 0.4) is 0 Å². The fourth-order valence-corrected chi connectivity index (χ4v) is 4.28. The van der Waals surface area contributed by atoms with Gasteiger partial charge >= 0.3 is 31.0 Å². The zero-order valence-corrected chi connectivity index (χ0v) is 24.1. The zero-order valence-electron chi connectivity index (χ0n) is 17.6. The molecular formula is C18H30O8S4Sn. The Hall–Kier alpha value is 0.0787. The monoisotopic (exact) mass is 622 g/mol. The topological polar surface area (TPSA) is 161 Å². The first-order valence-corrected chi connectivity index (χ1v) is 17.5. The SMILES string of the molecule is O=C([O-])CC(CCS)(CCS)C(=O)[O-].O=C([O-])CC(CCS)(CCS)C(=O)[O-].[CH3][Sn+4][CH3]. The van der Waals surface area contributed by atoms with Crippen molar-refractivity contribution in [3.05, 3.63) is 0 Å². The van der Waals surface area contributed by atoms with Gasteiger partial charge in [-0.15, -0.1) is 0 Å². The fourth-order valence-electron chi connectivity index (χ4n) is 2.56. The number of carbonyl (C=O) groups excluding carboxylic acids is 4. The van der Waals surface area contributed by atoms with E-state index in [2.05, 4.69) is 60.4 Å². The van der Waals surface area contributed by atoms with Gasteiger partial charge in [-0.25, -0.2) is 0 Å². The molecule has 0 saturated heterocycles. The first kappa shape index (κ1) is 35.7. The normalized spacial score (nSPS) is 10.8. The fraction of sp³-hybridized carbons (Fsp3) is 0.778. The van der Waals surface area contributed by atoms with Crippen LogP contribution in [0.15, 0.2) is 0 Å². The summed E-state index contributed by atoms with van der Waals surface area (Å²) in [5.74, 6) is -4.38. The van der Waals surface area contributed by atoms with Gasteiger partial charge in [-0.05, 0) is 61.5 Å². The molecule has 0 aliphatic rings. The van der Waals surface area contributed by atoms with Crippen molar-refractivity contribution < 1.29 is 39.6 Å². The van der Waals surface area contributed by atoms with Crippen molar-refractivity contribution in [1.82, 2.24) is 0 Å². The summed E-state index contributed by atoms with van der Waals surface area (Å²) in [7, 11) is 0. The van der Waals surface area contributed by atoms with E-state index in [1.165, 1.54) is 0 Å².